The van der Waals surface area contributed by atoms with Gasteiger partial charge in [-0.1, -0.05) is 0 Å². The molecule has 0 aliphatic rings. The van der Waals surface area contributed by atoms with Gasteiger partial charge in [0.15, 0.2) is 5.82 Å². The number of sulfonamides is 1. The van der Waals surface area contributed by atoms with Crippen molar-refractivity contribution in [2.75, 3.05) is 10.1 Å². The van der Waals surface area contributed by atoms with Crippen molar-refractivity contribution in [3.63, 3.8) is 0 Å². The van der Waals surface area contributed by atoms with Gasteiger partial charge in [-0.2, -0.15) is 0 Å². The van der Waals surface area contributed by atoms with Crippen molar-refractivity contribution < 1.29 is 12.8 Å². The Bertz CT molecular complexity index is 786. The predicted octanol–water partition coefficient (Wildman–Crippen LogP) is 2.83. The topological polar surface area (TPSA) is 97.1 Å². The molecule has 0 saturated heterocycles. The minimum atomic E-state index is -4.00. The number of rotatable bonds is 4. The van der Waals surface area contributed by atoms with Crippen LogP contribution >= 0.6 is 31.9 Å². The Morgan fingerprint density at radius 3 is 2.62 bits per heavy atom. The third-order valence-electron chi connectivity index (χ3n) is 2.42. The second-order valence-electron chi connectivity index (χ2n) is 3.87. The Hall–Kier alpha value is -1.23. The van der Waals surface area contributed by atoms with Gasteiger partial charge in [0.25, 0.3) is 10.0 Å². The van der Waals surface area contributed by atoms with Crippen molar-refractivity contribution in [1.29, 1.82) is 0 Å². The zero-order valence-electron chi connectivity index (χ0n) is 10.3. The van der Waals surface area contributed by atoms with E-state index in [0.717, 1.165) is 6.07 Å². The van der Waals surface area contributed by atoms with Gasteiger partial charge in [-0.3, -0.25) is 4.72 Å². The van der Waals surface area contributed by atoms with Gasteiger partial charge in [0.05, 0.1) is 5.69 Å². The van der Waals surface area contributed by atoms with Crippen LogP contribution in [0.1, 0.15) is 0 Å². The smallest absolute Gasteiger partial charge is 0.265 e. The number of nitrogens with two attached hydrogens (primary N) is 1. The van der Waals surface area contributed by atoms with Crippen LogP contribution in [0.4, 0.5) is 15.9 Å². The number of aromatic nitrogens is 1. The Morgan fingerprint density at radius 1 is 1.24 bits per heavy atom. The van der Waals surface area contributed by atoms with Crippen LogP contribution in [0.15, 0.2) is 44.3 Å². The summed E-state index contributed by atoms with van der Waals surface area (Å²) < 4.78 is 41.1. The summed E-state index contributed by atoms with van der Waals surface area (Å²) in [7, 11) is -4.00. The number of nitrogen functional groups attached to an aromatic ring is 1. The van der Waals surface area contributed by atoms with Gasteiger partial charge in [0.2, 0.25) is 0 Å². The number of nitrogens with zero attached hydrogens (tertiary/aromatic N) is 1. The molecular weight excluding hydrogens is 431 g/mol. The zero-order chi connectivity index (χ0) is 15.6. The first-order valence-corrected chi connectivity index (χ1v) is 8.50. The fourth-order valence-electron chi connectivity index (χ4n) is 1.51. The highest BCUT2D eigenvalue weighted by molar-refractivity contribution is 9.10. The van der Waals surface area contributed by atoms with Crippen LogP contribution in [0, 0.1) is 5.82 Å². The first-order valence-electron chi connectivity index (χ1n) is 5.43. The summed E-state index contributed by atoms with van der Waals surface area (Å²) in [5, 5.41) is 0. The summed E-state index contributed by atoms with van der Waals surface area (Å²) in [6, 6.07) is 4.99. The van der Waals surface area contributed by atoms with Gasteiger partial charge in [-0.15, -0.1) is 0 Å². The largest absolute Gasteiger partial charge is 0.307 e. The molecular formula is C11H9Br2FN4O2S. The molecule has 10 heteroatoms. The number of pyridine rings is 1. The standard InChI is InChI=1S/C11H9Br2FN4O2S/c12-6-3-10(11(17-15)16-5-6)21(19,20)18-9-4-7(14)1-2-8(9)13/h1-5,18H,15H2,(H,16,17). The molecule has 0 bridgehead atoms. The quantitative estimate of drug-likeness (QED) is 0.502. The molecule has 1 aromatic carbocycles. The maximum atomic E-state index is 13.2. The lowest BCUT2D eigenvalue weighted by Crippen LogP contribution is -2.19. The molecule has 0 aliphatic heterocycles. The first kappa shape index (κ1) is 16.1. The lowest BCUT2D eigenvalue weighted by molar-refractivity contribution is 0.601. The van der Waals surface area contributed by atoms with Crippen LogP contribution in [0.25, 0.3) is 0 Å². The molecule has 6 nitrogen and oxygen atoms in total. The molecule has 0 radical (unpaired) electrons. The molecule has 4 N–H and O–H groups in total. The molecule has 0 fully saturated rings. The molecule has 0 saturated carbocycles. The fourth-order valence-corrected chi connectivity index (χ4v) is 3.69. The second kappa shape index (κ2) is 6.26. The molecule has 0 aliphatic carbocycles. The van der Waals surface area contributed by atoms with Crippen LogP contribution in [0.3, 0.4) is 0 Å². The van der Waals surface area contributed by atoms with Crippen LogP contribution < -0.4 is 16.0 Å². The van der Waals surface area contributed by atoms with E-state index in [-0.39, 0.29) is 16.4 Å². The highest BCUT2D eigenvalue weighted by Gasteiger charge is 2.21. The molecule has 1 heterocycles. The maximum Gasteiger partial charge on any atom is 0.265 e. The van der Waals surface area contributed by atoms with Crippen LogP contribution in [-0.2, 0) is 10.0 Å². The maximum absolute atomic E-state index is 13.2. The van der Waals surface area contributed by atoms with Gasteiger partial charge in [-0.05, 0) is 56.1 Å². The first-order chi connectivity index (χ1) is 9.83. The molecule has 0 unspecified atom stereocenters. The van der Waals surface area contributed by atoms with Gasteiger partial charge in [0.1, 0.15) is 10.7 Å². The third kappa shape index (κ3) is 3.70. The molecule has 1 aromatic heterocycles. The van der Waals surface area contributed by atoms with Crippen LogP contribution in [0.2, 0.25) is 0 Å². The van der Waals surface area contributed by atoms with E-state index in [2.05, 4.69) is 47.0 Å². The van der Waals surface area contributed by atoms with Gasteiger partial charge < -0.3 is 5.43 Å². The minimum absolute atomic E-state index is 0.0294. The number of hydrazine groups is 1. The molecule has 2 aromatic rings. The van der Waals surface area contributed by atoms with Crippen molar-refractivity contribution in [3.8, 4) is 0 Å². The average molecular weight is 440 g/mol. The summed E-state index contributed by atoms with van der Waals surface area (Å²) in [5.74, 6) is 4.66. The zero-order valence-corrected chi connectivity index (χ0v) is 14.3. The van der Waals surface area contributed by atoms with E-state index in [9.17, 15) is 12.8 Å². The van der Waals surface area contributed by atoms with E-state index in [4.69, 9.17) is 5.84 Å². The van der Waals surface area contributed by atoms with E-state index in [1.54, 1.807) is 0 Å². The van der Waals surface area contributed by atoms with E-state index in [1.807, 2.05) is 0 Å². The molecule has 112 valence electrons. The monoisotopic (exact) mass is 438 g/mol. The van der Waals surface area contributed by atoms with Crippen LogP contribution in [-0.4, -0.2) is 13.4 Å². The van der Waals surface area contributed by atoms with E-state index in [1.165, 1.54) is 24.4 Å². The SMILES string of the molecule is NNc1ncc(Br)cc1S(=O)(=O)Nc1cc(F)ccc1Br. The van der Waals surface area contributed by atoms with E-state index >= 15 is 0 Å². The number of nitrogens with one attached hydrogen (secondary N) is 2. The number of hydrogen-bond acceptors (Lipinski definition) is 5. The van der Waals surface area contributed by atoms with E-state index in [0.29, 0.717) is 8.95 Å². The lowest BCUT2D eigenvalue weighted by Gasteiger charge is -2.12. The van der Waals surface area contributed by atoms with Gasteiger partial charge >= 0.3 is 0 Å². The van der Waals surface area contributed by atoms with Crippen molar-refractivity contribution in [2.24, 2.45) is 5.84 Å². The number of anilines is 2. The van der Waals surface area contributed by atoms with Gasteiger partial charge in [-0.25, -0.2) is 23.6 Å². The van der Waals surface area contributed by atoms with Crippen molar-refractivity contribution in [1.82, 2.24) is 4.98 Å². The Morgan fingerprint density at radius 2 is 1.95 bits per heavy atom. The Balaban J connectivity index is 2.48. The summed E-state index contributed by atoms with van der Waals surface area (Å²) in [6.45, 7) is 0. The highest BCUT2D eigenvalue weighted by atomic mass is 79.9. The summed E-state index contributed by atoms with van der Waals surface area (Å²) in [4.78, 5) is 3.69. The van der Waals surface area contributed by atoms with Crippen molar-refractivity contribution in [3.05, 3.63) is 45.2 Å². The average Bonchev–Trinajstić information content (AvgIpc) is 2.42. The second-order valence-corrected chi connectivity index (χ2v) is 7.30. The number of benzene rings is 1. The van der Waals surface area contributed by atoms with Crippen LogP contribution in [0.5, 0.6) is 0 Å². The molecule has 21 heavy (non-hydrogen) atoms. The number of hydrogen-bond donors (Lipinski definition) is 3. The lowest BCUT2D eigenvalue weighted by atomic mass is 10.3. The third-order valence-corrected chi connectivity index (χ3v) is 4.92. The Kier molecular flexibility index (Phi) is 4.81. The molecule has 0 spiro atoms. The Labute approximate surface area is 137 Å². The van der Waals surface area contributed by atoms with Gasteiger partial charge in [0, 0.05) is 15.1 Å². The predicted molar refractivity (Wildman–Crippen MR) is 84.7 cm³/mol. The highest BCUT2D eigenvalue weighted by Crippen LogP contribution is 2.28. The summed E-state index contributed by atoms with van der Waals surface area (Å²) in [6.07, 6.45) is 1.40. The fraction of sp³-hybridized carbons (Fsp3) is 0. The van der Waals surface area contributed by atoms with Crippen molar-refractivity contribution in [2.45, 2.75) is 4.90 Å². The normalized spacial score (nSPS) is 11.2. The van der Waals surface area contributed by atoms with E-state index < -0.39 is 15.8 Å². The molecule has 0 atom stereocenters. The summed E-state index contributed by atoms with van der Waals surface area (Å²) >= 11 is 6.28. The molecule has 0 amide bonds. The number of halogens is 3. The van der Waals surface area contributed by atoms with Crippen molar-refractivity contribution >= 4 is 53.4 Å². The minimum Gasteiger partial charge on any atom is -0.307 e. The summed E-state index contributed by atoms with van der Waals surface area (Å²) in [5.41, 5.74) is 2.27. The molecule has 2 rings (SSSR count).